The van der Waals surface area contributed by atoms with E-state index in [4.69, 9.17) is 11.6 Å². The Bertz CT molecular complexity index is 808. The van der Waals surface area contributed by atoms with E-state index in [9.17, 15) is 9.59 Å². The third-order valence-electron chi connectivity index (χ3n) is 5.20. The maximum absolute atomic E-state index is 12.8. The van der Waals surface area contributed by atoms with Crippen LogP contribution in [0.15, 0.2) is 54.6 Å². The van der Waals surface area contributed by atoms with E-state index in [0.717, 1.165) is 12.1 Å². The van der Waals surface area contributed by atoms with Crippen molar-refractivity contribution in [2.45, 2.75) is 18.4 Å². The second-order valence-corrected chi connectivity index (χ2v) is 6.80. The van der Waals surface area contributed by atoms with Gasteiger partial charge in [-0.3, -0.25) is 9.59 Å². The Labute approximate surface area is 152 Å². The van der Waals surface area contributed by atoms with Crippen molar-refractivity contribution in [3.05, 3.63) is 65.7 Å². The van der Waals surface area contributed by atoms with E-state index in [0.29, 0.717) is 18.7 Å². The van der Waals surface area contributed by atoms with E-state index < -0.39 is 0 Å². The lowest BCUT2D eigenvalue weighted by Crippen LogP contribution is -2.52. The fraction of sp³-hybridized carbons (Fsp3) is 0.300. The molecule has 2 amide bonds. The Balaban J connectivity index is 1.63. The van der Waals surface area contributed by atoms with Gasteiger partial charge in [0.25, 0.3) is 5.91 Å². The van der Waals surface area contributed by atoms with E-state index in [1.807, 2.05) is 53.4 Å². The Morgan fingerprint density at radius 1 is 1.04 bits per heavy atom. The summed E-state index contributed by atoms with van der Waals surface area (Å²) in [5, 5.41) is 0. The van der Waals surface area contributed by atoms with Crippen LogP contribution >= 0.6 is 11.6 Å². The minimum Gasteiger partial charge on any atom is -0.337 e. The summed E-state index contributed by atoms with van der Waals surface area (Å²) in [7, 11) is 0. The molecule has 2 atom stereocenters. The summed E-state index contributed by atoms with van der Waals surface area (Å²) in [6.07, 6.45) is 0.853. The molecule has 4 rings (SSSR count). The number of halogens is 1. The summed E-state index contributed by atoms with van der Waals surface area (Å²) in [4.78, 5) is 28.9. The van der Waals surface area contributed by atoms with Gasteiger partial charge in [-0.2, -0.15) is 0 Å². The number of carbonyl (C=O) groups is 2. The lowest BCUT2D eigenvalue weighted by Gasteiger charge is -2.38. The number of piperidine rings is 1. The molecule has 0 radical (unpaired) electrons. The highest BCUT2D eigenvalue weighted by molar-refractivity contribution is 6.29. The minimum absolute atomic E-state index is 0.0216. The zero-order valence-corrected chi connectivity index (χ0v) is 14.5. The third-order valence-corrected chi connectivity index (χ3v) is 5.43. The van der Waals surface area contributed by atoms with Crippen molar-refractivity contribution in [3.8, 4) is 0 Å². The smallest absolute Gasteiger partial charge is 0.253 e. The molecule has 0 aromatic heterocycles. The fourth-order valence-electron chi connectivity index (χ4n) is 4.09. The van der Waals surface area contributed by atoms with Gasteiger partial charge in [0, 0.05) is 30.3 Å². The van der Waals surface area contributed by atoms with Gasteiger partial charge in [-0.1, -0.05) is 36.4 Å². The average molecular weight is 355 g/mol. The Kier molecular flexibility index (Phi) is 4.22. The summed E-state index contributed by atoms with van der Waals surface area (Å²) in [5.74, 6) is 0.136. The first-order chi connectivity index (χ1) is 12.2. The molecule has 2 aliphatic rings. The monoisotopic (exact) mass is 354 g/mol. The third kappa shape index (κ3) is 2.71. The van der Waals surface area contributed by atoms with Crippen LogP contribution in [0, 0.1) is 0 Å². The molecule has 0 spiro atoms. The average Bonchev–Trinajstić information content (AvgIpc) is 3.01. The number of alkyl halides is 1. The summed E-state index contributed by atoms with van der Waals surface area (Å²) in [6, 6.07) is 17.3. The molecule has 25 heavy (non-hydrogen) atoms. The topological polar surface area (TPSA) is 40.6 Å². The zero-order valence-electron chi connectivity index (χ0n) is 13.8. The Morgan fingerprint density at radius 3 is 2.52 bits per heavy atom. The molecule has 0 aliphatic carbocycles. The summed E-state index contributed by atoms with van der Waals surface area (Å²) in [6.45, 7) is 1.24. The van der Waals surface area contributed by atoms with Crippen LogP contribution in [0.25, 0.3) is 0 Å². The van der Waals surface area contributed by atoms with Gasteiger partial charge in [-0.05, 0) is 30.2 Å². The molecule has 0 saturated carbocycles. The normalized spacial score (nSPS) is 21.6. The Morgan fingerprint density at radius 2 is 1.76 bits per heavy atom. The molecule has 128 valence electrons. The predicted molar refractivity (Wildman–Crippen MR) is 98.1 cm³/mol. The van der Waals surface area contributed by atoms with Crippen LogP contribution in [0.3, 0.4) is 0 Å². The highest BCUT2D eigenvalue weighted by Gasteiger charge is 2.44. The summed E-state index contributed by atoms with van der Waals surface area (Å²) in [5.41, 5.74) is 2.82. The second kappa shape index (κ2) is 6.52. The molecule has 2 aromatic carbocycles. The lowest BCUT2D eigenvalue weighted by molar-refractivity contribution is -0.116. The van der Waals surface area contributed by atoms with Gasteiger partial charge in [0.15, 0.2) is 0 Å². The van der Waals surface area contributed by atoms with Crippen LogP contribution in [0.2, 0.25) is 0 Å². The highest BCUT2D eigenvalue weighted by atomic mass is 35.5. The number of carbonyl (C=O) groups excluding carboxylic acids is 2. The first kappa shape index (κ1) is 16.2. The number of amides is 2. The number of para-hydroxylation sites is 1. The molecule has 2 aliphatic heterocycles. The van der Waals surface area contributed by atoms with Gasteiger partial charge in [-0.25, -0.2) is 0 Å². The van der Waals surface area contributed by atoms with Crippen molar-refractivity contribution in [2.24, 2.45) is 0 Å². The number of rotatable bonds is 2. The highest BCUT2D eigenvalue weighted by Crippen LogP contribution is 2.45. The molecule has 4 nitrogen and oxygen atoms in total. The van der Waals surface area contributed by atoms with Crippen molar-refractivity contribution >= 4 is 29.1 Å². The van der Waals surface area contributed by atoms with Crippen LogP contribution < -0.4 is 4.90 Å². The molecule has 0 bridgehead atoms. The van der Waals surface area contributed by atoms with Crippen molar-refractivity contribution in [1.29, 1.82) is 0 Å². The molecule has 2 aromatic rings. The fourth-order valence-corrected chi connectivity index (χ4v) is 4.22. The van der Waals surface area contributed by atoms with Crippen LogP contribution in [0.1, 0.15) is 28.3 Å². The van der Waals surface area contributed by atoms with Crippen LogP contribution in [0.4, 0.5) is 5.69 Å². The van der Waals surface area contributed by atoms with E-state index in [2.05, 4.69) is 6.07 Å². The molecule has 0 N–H and O–H groups in total. The predicted octanol–water partition coefficient (Wildman–Crippen LogP) is 3.27. The van der Waals surface area contributed by atoms with E-state index in [1.54, 1.807) is 4.90 Å². The van der Waals surface area contributed by atoms with Crippen LogP contribution in [-0.2, 0) is 4.79 Å². The Hall–Kier alpha value is -2.33. The number of nitrogens with zero attached hydrogens (tertiary/aromatic N) is 2. The lowest BCUT2D eigenvalue weighted by atomic mass is 9.88. The number of anilines is 1. The van der Waals surface area contributed by atoms with E-state index >= 15 is 0 Å². The van der Waals surface area contributed by atoms with Gasteiger partial charge in [0.05, 0.1) is 6.04 Å². The van der Waals surface area contributed by atoms with Crippen LogP contribution in [-0.4, -0.2) is 41.7 Å². The first-order valence-electron chi connectivity index (χ1n) is 8.52. The molecule has 1 saturated heterocycles. The van der Waals surface area contributed by atoms with Crippen molar-refractivity contribution in [1.82, 2.24) is 4.90 Å². The first-order valence-corrected chi connectivity index (χ1v) is 9.05. The molecule has 2 heterocycles. The SMILES string of the molecule is O=C(c1ccccc1)N1CCC2c3ccccc3N(C(=O)CCl)C2C1. The standard InChI is InChI=1S/C20H19ClN2O2/c21-12-19(24)23-17-9-5-4-8-15(17)16-10-11-22(13-18(16)23)20(25)14-6-2-1-3-7-14/h1-9,16,18H,10-13H2. The molecular formula is C20H19ClN2O2. The van der Waals surface area contributed by atoms with Crippen molar-refractivity contribution in [3.63, 3.8) is 0 Å². The number of benzene rings is 2. The number of fused-ring (bicyclic) bond motifs is 3. The van der Waals surface area contributed by atoms with E-state index in [-0.39, 0.29) is 29.7 Å². The van der Waals surface area contributed by atoms with E-state index in [1.165, 1.54) is 5.56 Å². The van der Waals surface area contributed by atoms with Gasteiger partial charge in [-0.15, -0.1) is 11.6 Å². The van der Waals surface area contributed by atoms with Crippen LogP contribution in [0.5, 0.6) is 0 Å². The summed E-state index contributed by atoms with van der Waals surface area (Å²) >= 11 is 5.85. The quantitative estimate of drug-likeness (QED) is 0.777. The number of likely N-dealkylation sites (tertiary alicyclic amines) is 1. The second-order valence-electron chi connectivity index (χ2n) is 6.54. The maximum atomic E-state index is 12.8. The molecular weight excluding hydrogens is 336 g/mol. The molecule has 5 heteroatoms. The van der Waals surface area contributed by atoms with Crippen molar-refractivity contribution < 1.29 is 9.59 Å². The summed E-state index contributed by atoms with van der Waals surface area (Å²) < 4.78 is 0. The zero-order chi connectivity index (χ0) is 17.4. The molecule has 2 unspecified atom stereocenters. The molecule has 1 fully saturated rings. The minimum atomic E-state index is -0.101. The van der Waals surface area contributed by atoms with Gasteiger partial charge >= 0.3 is 0 Å². The van der Waals surface area contributed by atoms with Gasteiger partial charge in [0.2, 0.25) is 5.91 Å². The van der Waals surface area contributed by atoms with Crippen molar-refractivity contribution in [2.75, 3.05) is 23.9 Å². The van der Waals surface area contributed by atoms with Gasteiger partial charge in [0.1, 0.15) is 5.88 Å². The number of hydrogen-bond donors (Lipinski definition) is 0. The maximum Gasteiger partial charge on any atom is 0.253 e. The number of hydrogen-bond acceptors (Lipinski definition) is 2. The van der Waals surface area contributed by atoms with Gasteiger partial charge < -0.3 is 9.80 Å². The largest absolute Gasteiger partial charge is 0.337 e.